The Hall–Kier alpha value is -1.55. The van der Waals surface area contributed by atoms with Gasteiger partial charge in [0.25, 0.3) is 0 Å². The third-order valence-corrected chi connectivity index (χ3v) is 2.50. The lowest BCUT2D eigenvalue weighted by molar-refractivity contribution is -0.131. The van der Waals surface area contributed by atoms with Gasteiger partial charge in [-0.3, -0.25) is 4.79 Å². The maximum atomic E-state index is 11.4. The molecule has 4 heteroatoms. The summed E-state index contributed by atoms with van der Waals surface area (Å²) in [4.78, 5) is 22.6. The van der Waals surface area contributed by atoms with Crippen LogP contribution in [0, 0.1) is 0 Å². The van der Waals surface area contributed by atoms with E-state index in [2.05, 4.69) is 0 Å². The first-order valence-electron chi connectivity index (χ1n) is 4.23. The van der Waals surface area contributed by atoms with Gasteiger partial charge >= 0.3 is 5.97 Å². The number of carbonyl (C=O) groups excluding carboxylic acids is 1. The predicted octanol–water partition coefficient (Wildman–Crippen LogP) is 2.23. The zero-order valence-electron chi connectivity index (χ0n) is 8.14. The summed E-state index contributed by atoms with van der Waals surface area (Å²) in [5, 5.41) is 8.35. The SMILES string of the molecule is CSc1ccc(C(=O)/C=C/C(=O)O)cc1. The number of benzene rings is 1. The molecule has 0 atom stereocenters. The molecule has 0 bridgehead atoms. The molecule has 0 aliphatic carbocycles. The zero-order chi connectivity index (χ0) is 11.3. The van der Waals surface area contributed by atoms with Crippen molar-refractivity contribution in [1.29, 1.82) is 0 Å². The molecule has 0 spiro atoms. The summed E-state index contributed by atoms with van der Waals surface area (Å²) in [6, 6.07) is 7.01. The van der Waals surface area contributed by atoms with Crippen LogP contribution in [0.1, 0.15) is 10.4 Å². The molecule has 0 heterocycles. The van der Waals surface area contributed by atoms with Crippen LogP contribution < -0.4 is 0 Å². The minimum Gasteiger partial charge on any atom is -0.478 e. The highest BCUT2D eigenvalue weighted by molar-refractivity contribution is 7.98. The minimum absolute atomic E-state index is 0.301. The number of carboxylic acids is 1. The summed E-state index contributed by atoms with van der Waals surface area (Å²) in [5.74, 6) is -1.42. The molecule has 15 heavy (non-hydrogen) atoms. The molecule has 1 N–H and O–H groups in total. The maximum Gasteiger partial charge on any atom is 0.328 e. The number of carboxylic acid groups (broad SMARTS) is 1. The Kier molecular flexibility index (Phi) is 4.12. The van der Waals surface area contributed by atoms with E-state index in [9.17, 15) is 9.59 Å². The van der Waals surface area contributed by atoms with Crippen molar-refractivity contribution in [2.24, 2.45) is 0 Å². The van der Waals surface area contributed by atoms with Crippen LogP contribution in [0.25, 0.3) is 0 Å². The van der Waals surface area contributed by atoms with E-state index in [1.165, 1.54) is 0 Å². The quantitative estimate of drug-likeness (QED) is 0.482. The van der Waals surface area contributed by atoms with Crippen LogP contribution in [0.2, 0.25) is 0 Å². The number of thioether (sulfide) groups is 1. The van der Waals surface area contributed by atoms with Crippen molar-refractivity contribution in [3.05, 3.63) is 42.0 Å². The second-order valence-electron chi connectivity index (χ2n) is 2.76. The van der Waals surface area contributed by atoms with Crippen molar-refractivity contribution in [3.8, 4) is 0 Å². The van der Waals surface area contributed by atoms with Crippen LogP contribution in [0.5, 0.6) is 0 Å². The second-order valence-corrected chi connectivity index (χ2v) is 3.64. The fourth-order valence-corrected chi connectivity index (χ4v) is 1.41. The van der Waals surface area contributed by atoms with Gasteiger partial charge in [-0.05, 0) is 36.6 Å². The number of carbonyl (C=O) groups is 2. The molecule has 0 aliphatic rings. The molecule has 0 radical (unpaired) electrons. The molecule has 1 aromatic carbocycles. The molecule has 78 valence electrons. The Morgan fingerprint density at radius 3 is 2.27 bits per heavy atom. The van der Waals surface area contributed by atoms with Gasteiger partial charge in [-0.25, -0.2) is 4.79 Å². The highest BCUT2D eigenvalue weighted by atomic mass is 32.2. The van der Waals surface area contributed by atoms with Crippen LogP contribution in [-0.4, -0.2) is 23.1 Å². The number of ketones is 1. The zero-order valence-corrected chi connectivity index (χ0v) is 8.95. The fraction of sp³-hybridized carbons (Fsp3) is 0.0909. The number of allylic oxidation sites excluding steroid dienone is 1. The van der Waals surface area contributed by atoms with Gasteiger partial charge in [-0.2, -0.15) is 0 Å². The van der Waals surface area contributed by atoms with Crippen LogP contribution in [-0.2, 0) is 4.79 Å². The average molecular weight is 222 g/mol. The Labute approximate surface area is 91.8 Å². The van der Waals surface area contributed by atoms with E-state index in [4.69, 9.17) is 5.11 Å². The van der Waals surface area contributed by atoms with Crippen LogP contribution in [0.15, 0.2) is 41.3 Å². The third kappa shape index (κ3) is 3.59. The topological polar surface area (TPSA) is 54.4 Å². The molecule has 3 nitrogen and oxygen atoms in total. The molecule has 1 rings (SSSR count). The average Bonchev–Trinajstić information content (AvgIpc) is 2.26. The number of hydrogen-bond acceptors (Lipinski definition) is 3. The number of rotatable bonds is 4. The van der Waals surface area contributed by atoms with Gasteiger partial charge < -0.3 is 5.11 Å². The van der Waals surface area contributed by atoms with Crippen molar-refractivity contribution in [2.75, 3.05) is 6.26 Å². The van der Waals surface area contributed by atoms with Gasteiger partial charge in [0, 0.05) is 16.5 Å². The first kappa shape index (κ1) is 11.5. The number of aliphatic carboxylic acids is 1. The Morgan fingerprint density at radius 2 is 1.80 bits per heavy atom. The summed E-state index contributed by atoms with van der Waals surface area (Å²) >= 11 is 1.58. The second kappa shape index (κ2) is 5.36. The van der Waals surface area contributed by atoms with Crippen molar-refractivity contribution < 1.29 is 14.7 Å². The molecular weight excluding hydrogens is 212 g/mol. The third-order valence-electron chi connectivity index (χ3n) is 1.75. The van der Waals surface area contributed by atoms with E-state index >= 15 is 0 Å². The Bertz CT molecular complexity index is 393. The maximum absolute atomic E-state index is 11.4. The lowest BCUT2D eigenvalue weighted by Crippen LogP contribution is -1.96. The molecule has 0 aromatic heterocycles. The van der Waals surface area contributed by atoms with Crippen molar-refractivity contribution >= 4 is 23.5 Å². The lowest BCUT2D eigenvalue weighted by atomic mass is 10.1. The van der Waals surface area contributed by atoms with Crippen LogP contribution in [0.4, 0.5) is 0 Å². The molecule has 0 saturated carbocycles. The standard InChI is InChI=1S/C11H10O3S/c1-15-9-4-2-8(3-5-9)10(12)6-7-11(13)14/h2-7H,1H3,(H,13,14)/b7-6+. The normalized spacial score (nSPS) is 10.5. The van der Waals surface area contributed by atoms with E-state index in [0.717, 1.165) is 17.0 Å². The van der Waals surface area contributed by atoms with Gasteiger partial charge in [-0.1, -0.05) is 0 Å². The van der Waals surface area contributed by atoms with Gasteiger partial charge in [0.1, 0.15) is 0 Å². The first-order valence-corrected chi connectivity index (χ1v) is 5.45. The largest absolute Gasteiger partial charge is 0.478 e. The summed E-state index contributed by atoms with van der Waals surface area (Å²) in [6.45, 7) is 0. The molecular formula is C11H10O3S. The highest BCUT2D eigenvalue weighted by Crippen LogP contribution is 2.15. The Morgan fingerprint density at radius 1 is 1.20 bits per heavy atom. The van der Waals surface area contributed by atoms with Gasteiger partial charge in [0.2, 0.25) is 0 Å². The first-order chi connectivity index (χ1) is 7.13. The molecule has 0 saturated heterocycles. The lowest BCUT2D eigenvalue weighted by Gasteiger charge is -1.97. The molecule has 1 aromatic rings. The van der Waals surface area contributed by atoms with E-state index in [0.29, 0.717) is 5.56 Å². The molecule has 0 unspecified atom stereocenters. The number of hydrogen-bond donors (Lipinski definition) is 1. The van der Waals surface area contributed by atoms with Gasteiger partial charge in [-0.15, -0.1) is 11.8 Å². The van der Waals surface area contributed by atoms with Crippen molar-refractivity contribution in [2.45, 2.75) is 4.90 Å². The van der Waals surface area contributed by atoms with Crippen LogP contribution in [0.3, 0.4) is 0 Å². The van der Waals surface area contributed by atoms with Crippen molar-refractivity contribution in [3.63, 3.8) is 0 Å². The molecule has 0 amide bonds. The van der Waals surface area contributed by atoms with Crippen molar-refractivity contribution in [1.82, 2.24) is 0 Å². The predicted molar refractivity (Wildman–Crippen MR) is 59.3 cm³/mol. The van der Waals surface area contributed by atoms with Gasteiger partial charge in [0.15, 0.2) is 5.78 Å². The molecule has 0 fully saturated rings. The Balaban J connectivity index is 2.79. The van der Waals surface area contributed by atoms with Crippen LogP contribution >= 0.6 is 11.8 Å². The minimum atomic E-state index is -1.12. The van der Waals surface area contributed by atoms with Gasteiger partial charge in [0.05, 0.1) is 0 Å². The summed E-state index contributed by atoms with van der Waals surface area (Å²) in [6.07, 6.45) is 3.84. The smallest absolute Gasteiger partial charge is 0.328 e. The van der Waals surface area contributed by atoms with E-state index < -0.39 is 5.97 Å². The van der Waals surface area contributed by atoms with E-state index in [1.807, 2.05) is 18.4 Å². The molecule has 0 aliphatic heterocycles. The fourth-order valence-electron chi connectivity index (χ4n) is 0.998. The van der Waals surface area contributed by atoms with E-state index in [1.54, 1.807) is 23.9 Å². The summed E-state index contributed by atoms with van der Waals surface area (Å²) in [7, 11) is 0. The monoisotopic (exact) mass is 222 g/mol. The highest BCUT2D eigenvalue weighted by Gasteiger charge is 2.01. The summed E-state index contributed by atoms with van der Waals surface area (Å²) < 4.78 is 0. The van der Waals surface area contributed by atoms with E-state index in [-0.39, 0.29) is 5.78 Å². The summed E-state index contributed by atoms with van der Waals surface area (Å²) in [5.41, 5.74) is 0.491.